The predicted molar refractivity (Wildman–Crippen MR) is 94.0 cm³/mol. The third-order valence-corrected chi connectivity index (χ3v) is 4.12. The van der Waals surface area contributed by atoms with E-state index in [4.69, 9.17) is 9.52 Å². The fourth-order valence-corrected chi connectivity index (χ4v) is 2.86. The lowest BCUT2D eigenvalue weighted by molar-refractivity contribution is 0.0697. The van der Waals surface area contributed by atoms with Crippen LogP contribution in [0.4, 0.5) is 0 Å². The second kappa shape index (κ2) is 5.70. The molecule has 0 radical (unpaired) electrons. The van der Waals surface area contributed by atoms with Crippen molar-refractivity contribution in [3.05, 3.63) is 84.6 Å². The molecule has 0 amide bonds. The van der Waals surface area contributed by atoms with Gasteiger partial charge in [0.1, 0.15) is 5.58 Å². The van der Waals surface area contributed by atoms with Gasteiger partial charge in [0, 0.05) is 10.9 Å². The van der Waals surface area contributed by atoms with Crippen molar-refractivity contribution in [1.29, 1.82) is 0 Å². The summed E-state index contributed by atoms with van der Waals surface area (Å²) in [6, 6.07) is 23.1. The highest BCUT2D eigenvalue weighted by atomic mass is 16.4. The van der Waals surface area contributed by atoms with Crippen LogP contribution in [0.15, 0.2) is 83.5 Å². The van der Waals surface area contributed by atoms with Crippen molar-refractivity contribution in [2.45, 2.75) is 0 Å². The molecule has 1 heterocycles. The Labute approximate surface area is 138 Å². The van der Waals surface area contributed by atoms with Gasteiger partial charge in [0.25, 0.3) is 0 Å². The third-order valence-electron chi connectivity index (χ3n) is 4.12. The van der Waals surface area contributed by atoms with Crippen LogP contribution in [-0.4, -0.2) is 11.1 Å². The summed E-state index contributed by atoms with van der Waals surface area (Å²) in [4.78, 5) is 11.0. The molecule has 3 heteroatoms. The monoisotopic (exact) mass is 314 g/mol. The minimum absolute atomic E-state index is 0.275. The molecule has 3 aromatic carbocycles. The summed E-state index contributed by atoms with van der Waals surface area (Å²) in [7, 11) is 0. The summed E-state index contributed by atoms with van der Waals surface area (Å²) in [6.45, 7) is 0. The van der Waals surface area contributed by atoms with Crippen LogP contribution in [0.2, 0.25) is 0 Å². The van der Waals surface area contributed by atoms with E-state index in [9.17, 15) is 4.79 Å². The Morgan fingerprint density at radius 3 is 2.21 bits per heavy atom. The van der Waals surface area contributed by atoms with Crippen LogP contribution in [0.5, 0.6) is 0 Å². The summed E-state index contributed by atoms with van der Waals surface area (Å²) in [5, 5.41) is 10.0. The van der Waals surface area contributed by atoms with Crippen LogP contribution < -0.4 is 0 Å². The number of fused-ring (bicyclic) bond motifs is 1. The zero-order valence-corrected chi connectivity index (χ0v) is 12.8. The van der Waals surface area contributed by atoms with E-state index in [1.807, 2.05) is 42.5 Å². The molecular formula is C21H14O3. The molecule has 24 heavy (non-hydrogen) atoms. The van der Waals surface area contributed by atoms with E-state index in [0.717, 1.165) is 33.2 Å². The zero-order valence-electron chi connectivity index (χ0n) is 12.8. The largest absolute Gasteiger partial charge is 0.478 e. The first-order valence-electron chi connectivity index (χ1n) is 7.63. The lowest BCUT2D eigenvalue weighted by Gasteiger charge is -2.03. The molecule has 3 nitrogen and oxygen atoms in total. The maximum atomic E-state index is 11.0. The highest BCUT2D eigenvalue weighted by Gasteiger charge is 2.10. The minimum atomic E-state index is -0.926. The molecule has 4 rings (SSSR count). The highest BCUT2D eigenvalue weighted by Crippen LogP contribution is 2.33. The van der Waals surface area contributed by atoms with Gasteiger partial charge < -0.3 is 9.52 Å². The van der Waals surface area contributed by atoms with Crippen molar-refractivity contribution in [2.75, 3.05) is 0 Å². The fourth-order valence-electron chi connectivity index (χ4n) is 2.86. The van der Waals surface area contributed by atoms with Gasteiger partial charge in [-0.1, -0.05) is 48.5 Å². The van der Waals surface area contributed by atoms with E-state index < -0.39 is 5.97 Å². The van der Waals surface area contributed by atoms with Gasteiger partial charge in [-0.25, -0.2) is 4.79 Å². The normalized spacial score (nSPS) is 10.8. The quantitative estimate of drug-likeness (QED) is 0.546. The SMILES string of the molecule is O=C(O)c1ccc(-c2coc3ccc(-c4ccccc4)cc23)cc1. The van der Waals surface area contributed by atoms with E-state index in [1.54, 1.807) is 18.4 Å². The van der Waals surface area contributed by atoms with Crippen molar-refractivity contribution in [3.8, 4) is 22.3 Å². The summed E-state index contributed by atoms with van der Waals surface area (Å²) >= 11 is 0. The second-order valence-electron chi connectivity index (χ2n) is 5.61. The van der Waals surface area contributed by atoms with Crippen molar-refractivity contribution < 1.29 is 14.3 Å². The lowest BCUT2D eigenvalue weighted by atomic mass is 9.99. The van der Waals surface area contributed by atoms with Gasteiger partial charge in [-0.05, 0) is 41.0 Å². The summed E-state index contributed by atoms with van der Waals surface area (Å²) in [5.74, 6) is -0.926. The van der Waals surface area contributed by atoms with Crippen molar-refractivity contribution in [1.82, 2.24) is 0 Å². The molecular weight excluding hydrogens is 300 g/mol. The number of hydrogen-bond donors (Lipinski definition) is 1. The van der Waals surface area contributed by atoms with Crippen LogP contribution in [0.25, 0.3) is 33.2 Å². The first-order chi connectivity index (χ1) is 11.7. The predicted octanol–water partition coefficient (Wildman–Crippen LogP) is 5.47. The zero-order chi connectivity index (χ0) is 16.5. The number of hydrogen-bond acceptors (Lipinski definition) is 2. The van der Waals surface area contributed by atoms with Gasteiger partial charge in [0.2, 0.25) is 0 Å². The molecule has 0 saturated carbocycles. The maximum Gasteiger partial charge on any atom is 0.335 e. The van der Waals surface area contributed by atoms with Crippen LogP contribution in [0.3, 0.4) is 0 Å². The van der Waals surface area contributed by atoms with E-state index in [0.29, 0.717) is 0 Å². The molecule has 0 aliphatic rings. The molecule has 116 valence electrons. The van der Waals surface area contributed by atoms with Crippen LogP contribution in [0.1, 0.15) is 10.4 Å². The number of carboxylic acids is 1. The van der Waals surface area contributed by atoms with Crippen molar-refractivity contribution in [3.63, 3.8) is 0 Å². The molecule has 0 bridgehead atoms. The Hall–Kier alpha value is -3.33. The first-order valence-corrected chi connectivity index (χ1v) is 7.63. The molecule has 0 aliphatic heterocycles. The van der Waals surface area contributed by atoms with Gasteiger partial charge >= 0.3 is 5.97 Å². The van der Waals surface area contributed by atoms with Gasteiger partial charge in [-0.15, -0.1) is 0 Å². The Bertz CT molecular complexity index is 1010. The average molecular weight is 314 g/mol. The second-order valence-corrected chi connectivity index (χ2v) is 5.61. The molecule has 0 aliphatic carbocycles. The Balaban J connectivity index is 1.83. The molecule has 0 atom stereocenters. The summed E-state index contributed by atoms with van der Waals surface area (Å²) in [5.41, 5.74) is 5.24. The number of rotatable bonds is 3. The Morgan fingerprint density at radius 1 is 0.792 bits per heavy atom. The molecule has 4 aromatic rings. The number of carboxylic acid groups (broad SMARTS) is 1. The highest BCUT2D eigenvalue weighted by molar-refractivity contribution is 5.97. The number of furan rings is 1. The number of benzene rings is 3. The van der Waals surface area contributed by atoms with E-state index in [1.165, 1.54) is 0 Å². The summed E-state index contributed by atoms with van der Waals surface area (Å²) < 4.78 is 5.66. The van der Waals surface area contributed by atoms with Crippen LogP contribution >= 0.6 is 0 Å². The van der Waals surface area contributed by atoms with Crippen molar-refractivity contribution >= 4 is 16.9 Å². The van der Waals surface area contributed by atoms with Gasteiger partial charge in [0.15, 0.2) is 0 Å². The molecule has 0 fully saturated rings. The number of carbonyl (C=O) groups is 1. The van der Waals surface area contributed by atoms with Gasteiger partial charge in [-0.3, -0.25) is 0 Å². The fraction of sp³-hybridized carbons (Fsp3) is 0. The molecule has 0 unspecified atom stereocenters. The molecule has 1 aromatic heterocycles. The maximum absolute atomic E-state index is 11.0. The first kappa shape index (κ1) is 14.3. The Morgan fingerprint density at radius 2 is 1.50 bits per heavy atom. The van der Waals surface area contributed by atoms with Crippen LogP contribution in [0, 0.1) is 0 Å². The van der Waals surface area contributed by atoms with Crippen LogP contribution in [-0.2, 0) is 0 Å². The molecule has 0 saturated heterocycles. The van der Waals surface area contributed by atoms with E-state index in [-0.39, 0.29) is 5.56 Å². The van der Waals surface area contributed by atoms with Gasteiger partial charge in [0.05, 0.1) is 11.8 Å². The number of aromatic carboxylic acids is 1. The lowest BCUT2D eigenvalue weighted by Crippen LogP contribution is -1.94. The summed E-state index contributed by atoms with van der Waals surface area (Å²) in [6.07, 6.45) is 1.72. The molecule has 0 spiro atoms. The van der Waals surface area contributed by atoms with E-state index in [2.05, 4.69) is 18.2 Å². The van der Waals surface area contributed by atoms with Crippen molar-refractivity contribution in [2.24, 2.45) is 0 Å². The minimum Gasteiger partial charge on any atom is -0.478 e. The third kappa shape index (κ3) is 2.46. The smallest absolute Gasteiger partial charge is 0.335 e. The van der Waals surface area contributed by atoms with Gasteiger partial charge in [-0.2, -0.15) is 0 Å². The van der Waals surface area contributed by atoms with E-state index >= 15 is 0 Å². The standard InChI is InChI=1S/C21H14O3/c22-21(23)16-8-6-15(7-9-16)19-13-24-20-11-10-17(12-18(19)20)14-4-2-1-3-5-14/h1-13H,(H,22,23). The average Bonchev–Trinajstić information content (AvgIpc) is 3.05. The Kier molecular flexibility index (Phi) is 3.39. The topological polar surface area (TPSA) is 50.4 Å². The molecule has 1 N–H and O–H groups in total.